The molecule has 3 aromatic rings. The number of aromatic amines is 1. The van der Waals surface area contributed by atoms with Crippen molar-refractivity contribution in [3.63, 3.8) is 0 Å². The van der Waals surface area contributed by atoms with E-state index in [4.69, 9.17) is 0 Å². The standard InChI is InChI=1S/C15H11BrN4O/c16-10-2-1-3-12-13(10)14(15(21)19-12)18-9-4-5-11-8(6-9)7-17-20-11/h1-7,14,18H,(H,17,20)(H,19,21). The highest BCUT2D eigenvalue weighted by Crippen LogP contribution is 2.38. The minimum atomic E-state index is -0.403. The van der Waals surface area contributed by atoms with E-state index in [1.165, 1.54) is 0 Å². The molecule has 1 amide bonds. The number of nitrogens with zero attached hydrogens (tertiary/aromatic N) is 1. The molecule has 1 aliphatic rings. The highest BCUT2D eigenvalue weighted by atomic mass is 79.9. The Kier molecular flexibility index (Phi) is 2.71. The van der Waals surface area contributed by atoms with Crippen molar-refractivity contribution in [2.45, 2.75) is 6.04 Å². The van der Waals surface area contributed by atoms with Gasteiger partial charge in [-0.1, -0.05) is 22.0 Å². The molecule has 1 aliphatic heterocycles. The molecule has 1 atom stereocenters. The zero-order chi connectivity index (χ0) is 14.4. The average Bonchev–Trinajstić information content (AvgIpc) is 3.04. The van der Waals surface area contributed by atoms with Crippen LogP contribution in [-0.4, -0.2) is 16.1 Å². The van der Waals surface area contributed by atoms with Gasteiger partial charge in [0.05, 0.1) is 11.7 Å². The maximum Gasteiger partial charge on any atom is 0.251 e. The number of halogens is 1. The minimum absolute atomic E-state index is 0.0517. The van der Waals surface area contributed by atoms with E-state index in [9.17, 15) is 4.79 Å². The summed E-state index contributed by atoms with van der Waals surface area (Å²) < 4.78 is 0.917. The zero-order valence-corrected chi connectivity index (χ0v) is 12.4. The Morgan fingerprint density at radius 1 is 1.24 bits per heavy atom. The van der Waals surface area contributed by atoms with Gasteiger partial charge in [-0.05, 0) is 30.3 Å². The number of carbonyl (C=O) groups excluding carboxylic acids is 1. The molecule has 5 nitrogen and oxygen atoms in total. The molecule has 0 saturated carbocycles. The van der Waals surface area contributed by atoms with Crippen molar-refractivity contribution >= 4 is 44.1 Å². The Balaban J connectivity index is 1.73. The summed E-state index contributed by atoms with van der Waals surface area (Å²) in [5.41, 5.74) is 3.64. The Hall–Kier alpha value is -2.34. The van der Waals surface area contributed by atoms with Crippen LogP contribution in [0.4, 0.5) is 11.4 Å². The second kappa shape index (κ2) is 4.60. The van der Waals surface area contributed by atoms with Crippen molar-refractivity contribution in [1.82, 2.24) is 10.2 Å². The molecule has 1 unspecified atom stereocenters. The van der Waals surface area contributed by atoms with Crippen molar-refractivity contribution in [3.05, 3.63) is 52.6 Å². The zero-order valence-electron chi connectivity index (χ0n) is 10.9. The third-order valence-corrected chi connectivity index (χ3v) is 4.30. The summed E-state index contributed by atoms with van der Waals surface area (Å²) in [5, 5.41) is 14.1. The van der Waals surface area contributed by atoms with Gasteiger partial charge in [0.1, 0.15) is 6.04 Å². The highest BCUT2D eigenvalue weighted by molar-refractivity contribution is 9.10. The molecular weight excluding hydrogens is 332 g/mol. The smallest absolute Gasteiger partial charge is 0.251 e. The Morgan fingerprint density at radius 2 is 2.14 bits per heavy atom. The van der Waals surface area contributed by atoms with Crippen LogP contribution in [-0.2, 0) is 4.79 Å². The van der Waals surface area contributed by atoms with Crippen LogP contribution < -0.4 is 10.6 Å². The molecule has 6 heteroatoms. The van der Waals surface area contributed by atoms with Gasteiger partial charge in [-0.15, -0.1) is 0 Å². The molecule has 2 aromatic carbocycles. The van der Waals surface area contributed by atoms with Crippen LogP contribution in [0.1, 0.15) is 11.6 Å². The van der Waals surface area contributed by atoms with Crippen molar-refractivity contribution in [2.75, 3.05) is 10.6 Å². The molecule has 3 N–H and O–H groups in total. The average molecular weight is 343 g/mol. The summed E-state index contributed by atoms with van der Waals surface area (Å²) in [6, 6.07) is 11.2. The largest absolute Gasteiger partial charge is 0.370 e. The lowest BCUT2D eigenvalue weighted by Gasteiger charge is -2.14. The van der Waals surface area contributed by atoms with E-state index >= 15 is 0 Å². The molecule has 21 heavy (non-hydrogen) atoms. The molecule has 2 heterocycles. The first kappa shape index (κ1) is 12.4. The molecule has 0 fully saturated rings. The molecule has 0 spiro atoms. The van der Waals surface area contributed by atoms with Crippen LogP contribution in [0.2, 0.25) is 0 Å². The van der Waals surface area contributed by atoms with Gasteiger partial charge in [0.2, 0.25) is 0 Å². The summed E-state index contributed by atoms with van der Waals surface area (Å²) in [6.45, 7) is 0. The lowest BCUT2D eigenvalue weighted by atomic mass is 10.1. The quantitative estimate of drug-likeness (QED) is 0.668. The van der Waals surface area contributed by atoms with Gasteiger partial charge in [-0.25, -0.2) is 0 Å². The van der Waals surface area contributed by atoms with Crippen LogP contribution in [0, 0.1) is 0 Å². The van der Waals surface area contributed by atoms with Crippen LogP contribution in [0.15, 0.2) is 47.1 Å². The predicted octanol–water partition coefficient (Wildman–Crippen LogP) is 3.43. The second-order valence-corrected chi connectivity index (χ2v) is 5.79. The SMILES string of the molecule is O=C1Nc2cccc(Br)c2C1Nc1ccc2[nH]ncc2c1. The first-order valence-electron chi connectivity index (χ1n) is 6.51. The summed E-state index contributed by atoms with van der Waals surface area (Å²) in [4.78, 5) is 12.2. The summed E-state index contributed by atoms with van der Waals surface area (Å²) in [5.74, 6) is -0.0517. The van der Waals surface area contributed by atoms with Gasteiger partial charge >= 0.3 is 0 Å². The number of anilines is 2. The summed E-state index contributed by atoms with van der Waals surface area (Å²) >= 11 is 3.51. The van der Waals surface area contributed by atoms with Crippen molar-refractivity contribution < 1.29 is 4.79 Å². The van der Waals surface area contributed by atoms with E-state index in [1.807, 2.05) is 36.4 Å². The van der Waals surface area contributed by atoms with Crippen molar-refractivity contribution in [1.29, 1.82) is 0 Å². The minimum Gasteiger partial charge on any atom is -0.370 e. The second-order valence-electron chi connectivity index (χ2n) is 4.94. The number of aromatic nitrogens is 2. The van der Waals surface area contributed by atoms with Gasteiger partial charge in [-0.2, -0.15) is 5.10 Å². The first-order valence-corrected chi connectivity index (χ1v) is 7.30. The van der Waals surface area contributed by atoms with Gasteiger partial charge in [0, 0.05) is 26.8 Å². The fraction of sp³-hybridized carbons (Fsp3) is 0.0667. The lowest BCUT2D eigenvalue weighted by molar-refractivity contribution is -0.116. The number of rotatable bonds is 2. The molecule has 0 aliphatic carbocycles. The van der Waals surface area contributed by atoms with Crippen LogP contribution in [0.3, 0.4) is 0 Å². The number of benzene rings is 2. The topological polar surface area (TPSA) is 69.8 Å². The van der Waals surface area contributed by atoms with E-state index in [0.717, 1.165) is 32.3 Å². The number of hydrogen-bond acceptors (Lipinski definition) is 3. The molecule has 0 radical (unpaired) electrons. The highest BCUT2D eigenvalue weighted by Gasteiger charge is 2.32. The summed E-state index contributed by atoms with van der Waals surface area (Å²) in [6.07, 6.45) is 1.76. The van der Waals surface area contributed by atoms with Crippen LogP contribution in [0.5, 0.6) is 0 Å². The number of fused-ring (bicyclic) bond motifs is 2. The number of H-pyrrole nitrogens is 1. The summed E-state index contributed by atoms with van der Waals surface area (Å²) in [7, 11) is 0. The van der Waals surface area contributed by atoms with Crippen molar-refractivity contribution in [3.8, 4) is 0 Å². The lowest BCUT2D eigenvalue weighted by Crippen LogP contribution is -2.19. The molecule has 0 saturated heterocycles. The van der Waals surface area contributed by atoms with Crippen molar-refractivity contribution in [2.24, 2.45) is 0 Å². The van der Waals surface area contributed by atoms with Gasteiger partial charge in [0.25, 0.3) is 5.91 Å². The Morgan fingerprint density at radius 3 is 3.05 bits per heavy atom. The number of hydrogen-bond donors (Lipinski definition) is 3. The van der Waals surface area contributed by atoms with E-state index in [1.54, 1.807) is 6.20 Å². The monoisotopic (exact) mass is 342 g/mol. The van der Waals surface area contributed by atoms with Crippen LogP contribution >= 0.6 is 15.9 Å². The van der Waals surface area contributed by atoms with E-state index in [-0.39, 0.29) is 5.91 Å². The third-order valence-electron chi connectivity index (χ3n) is 3.61. The number of nitrogens with one attached hydrogen (secondary N) is 3. The van der Waals surface area contributed by atoms with Gasteiger partial charge in [0.15, 0.2) is 0 Å². The number of amides is 1. The molecule has 4 rings (SSSR count). The predicted molar refractivity (Wildman–Crippen MR) is 85.2 cm³/mol. The Bertz CT molecular complexity index is 858. The fourth-order valence-corrected chi connectivity index (χ4v) is 3.21. The molecule has 0 bridgehead atoms. The molecule has 1 aromatic heterocycles. The van der Waals surface area contributed by atoms with Gasteiger partial charge in [-0.3, -0.25) is 9.89 Å². The van der Waals surface area contributed by atoms with Crippen LogP contribution in [0.25, 0.3) is 10.9 Å². The fourth-order valence-electron chi connectivity index (χ4n) is 2.61. The number of carbonyl (C=O) groups is 1. The van der Waals surface area contributed by atoms with E-state index in [0.29, 0.717) is 0 Å². The third kappa shape index (κ3) is 1.99. The normalized spacial score (nSPS) is 16.8. The molecular formula is C15H11BrN4O. The van der Waals surface area contributed by atoms with E-state index in [2.05, 4.69) is 36.8 Å². The maximum absolute atomic E-state index is 12.2. The maximum atomic E-state index is 12.2. The van der Waals surface area contributed by atoms with E-state index < -0.39 is 6.04 Å². The van der Waals surface area contributed by atoms with Gasteiger partial charge < -0.3 is 10.6 Å². The molecule has 104 valence electrons. The first-order chi connectivity index (χ1) is 10.2. The Labute approximate surface area is 128 Å².